The van der Waals surface area contributed by atoms with Crippen LogP contribution in [0, 0.1) is 5.92 Å². The summed E-state index contributed by atoms with van der Waals surface area (Å²) >= 11 is 0. The third-order valence-electron chi connectivity index (χ3n) is 4.79. The molecule has 1 heterocycles. The molecule has 0 unspecified atom stereocenters. The fourth-order valence-electron chi connectivity index (χ4n) is 3.38. The zero-order valence-electron chi connectivity index (χ0n) is 14.0. The molecule has 7 nitrogen and oxygen atoms in total. The van der Waals surface area contributed by atoms with Gasteiger partial charge in [0.2, 0.25) is 5.91 Å². The highest BCUT2D eigenvalue weighted by atomic mass is 16.5. The van der Waals surface area contributed by atoms with E-state index >= 15 is 0 Å². The molecule has 0 aromatic rings. The Morgan fingerprint density at radius 2 is 2.22 bits per heavy atom. The quantitative estimate of drug-likeness (QED) is 0.540. The van der Waals surface area contributed by atoms with Gasteiger partial charge >= 0.3 is 6.03 Å². The number of carbonyl (C=O) groups excluding carboxylic acids is 3. The van der Waals surface area contributed by atoms with Crippen molar-refractivity contribution in [2.24, 2.45) is 5.92 Å². The molecule has 7 heteroatoms. The molecule has 23 heavy (non-hydrogen) atoms. The molecule has 2 N–H and O–H groups in total. The minimum absolute atomic E-state index is 0.104. The smallest absolute Gasteiger partial charge is 0.325 e. The molecule has 0 bridgehead atoms. The Balaban J connectivity index is 1.87. The lowest BCUT2D eigenvalue weighted by Gasteiger charge is -2.36. The summed E-state index contributed by atoms with van der Waals surface area (Å²) in [6.07, 6.45) is 4.29. The summed E-state index contributed by atoms with van der Waals surface area (Å²) < 4.78 is 5.19. The Hall–Kier alpha value is -1.63. The summed E-state index contributed by atoms with van der Waals surface area (Å²) in [5.41, 5.74) is -0.801. The normalized spacial score (nSPS) is 27.4. The van der Waals surface area contributed by atoms with Crippen LogP contribution in [0.5, 0.6) is 0 Å². The highest BCUT2D eigenvalue weighted by molar-refractivity contribution is 6.09. The number of ether oxygens (including phenoxy) is 1. The summed E-state index contributed by atoms with van der Waals surface area (Å²) in [6.45, 7) is 5.40. The van der Waals surface area contributed by atoms with Crippen LogP contribution in [0.25, 0.3) is 0 Å². The first-order valence-electron chi connectivity index (χ1n) is 8.50. The molecule has 1 saturated heterocycles. The van der Waals surface area contributed by atoms with Gasteiger partial charge in [-0.05, 0) is 32.1 Å². The monoisotopic (exact) mass is 325 g/mol. The van der Waals surface area contributed by atoms with E-state index < -0.39 is 11.6 Å². The molecule has 2 fully saturated rings. The van der Waals surface area contributed by atoms with Crippen LogP contribution >= 0.6 is 0 Å². The number of rotatable bonds is 7. The van der Waals surface area contributed by atoms with Gasteiger partial charge in [0.15, 0.2) is 0 Å². The van der Waals surface area contributed by atoms with Crippen LogP contribution in [0.2, 0.25) is 0 Å². The molecule has 0 aromatic heterocycles. The van der Waals surface area contributed by atoms with Crippen LogP contribution in [0.3, 0.4) is 0 Å². The predicted molar refractivity (Wildman–Crippen MR) is 84.7 cm³/mol. The first kappa shape index (κ1) is 17.7. The Bertz CT molecular complexity index is 468. The van der Waals surface area contributed by atoms with Crippen molar-refractivity contribution in [1.29, 1.82) is 0 Å². The topological polar surface area (TPSA) is 87.7 Å². The highest BCUT2D eigenvalue weighted by Gasteiger charge is 2.55. The maximum atomic E-state index is 12.7. The second-order valence-electron chi connectivity index (χ2n) is 6.34. The van der Waals surface area contributed by atoms with Gasteiger partial charge in [-0.15, -0.1) is 0 Å². The number of amides is 4. The molecule has 4 amide bonds. The van der Waals surface area contributed by atoms with Crippen molar-refractivity contribution in [3.8, 4) is 0 Å². The van der Waals surface area contributed by atoms with E-state index in [1.807, 2.05) is 13.8 Å². The molecule has 1 spiro atoms. The Kier molecular flexibility index (Phi) is 5.98. The molecule has 0 radical (unpaired) electrons. The fraction of sp³-hybridized carbons (Fsp3) is 0.812. The Morgan fingerprint density at radius 1 is 1.43 bits per heavy atom. The van der Waals surface area contributed by atoms with Crippen molar-refractivity contribution in [1.82, 2.24) is 15.5 Å². The van der Waals surface area contributed by atoms with Crippen LogP contribution in [-0.2, 0) is 14.3 Å². The molecular formula is C16H27N3O4. The van der Waals surface area contributed by atoms with Crippen LogP contribution in [0.1, 0.15) is 46.0 Å². The minimum Gasteiger partial charge on any atom is -0.382 e. The van der Waals surface area contributed by atoms with Crippen molar-refractivity contribution in [3.05, 3.63) is 0 Å². The van der Waals surface area contributed by atoms with Gasteiger partial charge in [-0.1, -0.05) is 19.8 Å². The van der Waals surface area contributed by atoms with E-state index in [2.05, 4.69) is 10.6 Å². The van der Waals surface area contributed by atoms with E-state index in [4.69, 9.17) is 4.74 Å². The molecule has 0 aromatic carbocycles. The molecule has 2 rings (SSSR count). The van der Waals surface area contributed by atoms with Gasteiger partial charge in [0, 0.05) is 19.8 Å². The largest absolute Gasteiger partial charge is 0.382 e. The Labute approximate surface area is 137 Å². The van der Waals surface area contributed by atoms with Gasteiger partial charge in [0.25, 0.3) is 5.91 Å². The number of hydrogen-bond acceptors (Lipinski definition) is 4. The van der Waals surface area contributed by atoms with E-state index in [1.165, 1.54) is 0 Å². The van der Waals surface area contributed by atoms with Gasteiger partial charge in [0.05, 0.1) is 0 Å². The van der Waals surface area contributed by atoms with Crippen molar-refractivity contribution in [2.75, 3.05) is 26.3 Å². The molecule has 2 atom stereocenters. The lowest BCUT2D eigenvalue weighted by molar-refractivity contribution is -0.137. The van der Waals surface area contributed by atoms with Gasteiger partial charge in [-0.2, -0.15) is 0 Å². The maximum absolute atomic E-state index is 12.7. The third-order valence-corrected chi connectivity index (χ3v) is 4.79. The van der Waals surface area contributed by atoms with Gasteiger partial charge in [-0.3, -0.25) is 14.5 Å². The molecule has 130 valence electrons. The van der Waals surface area contributed by atoms with E-state index in [1.54, 1.807) is 0 Å². The standard InChI is InChI=1S/C16H27N3O4/c1-3-23-10-6-9-17-13(20)11-19-14(21)16(18-15(19)22)8-5-4-7-12(16)2/h12H,3-11H2,1-2H3,(H,17,20)(H,18,22)/t12-,16+/m0/s1. The van der Waals surface area contributed by atoms with Gasteiger partial charge in [0.1, 0.15) is 12.1 Å². The third kappa shape index (κ3) is 3.83. The van der Waals surface area contributed by atoms with Crippen LogP contribution in [0.4, 0.5) is 4.79 Å². The van der Waals surface area contributed by atoms with E-state index in [-0.39, 0.29) is 24.3 Å². The maximum Gasteiger partial charge on any atom is 0.325 e. The summed E-state index contributed by atoms with van der Waals surface area (Å²) in [7, 11) is 0. The van der Waals surface area contributed by atoms with Crippen molar-refractivity contribution in [2.45, 2.75) is 51.5 Å². The average Bonchev–Trinajstić information content (AvgIpc) is 2.75. The molecule has 1 aliphatic carbocycles. The van der Waals surface area contributed by atoms with Gasteiger partial charge in [-0.25, -0.2) is 4.79 Å². The highest BCUT2D eigenvalue weighted by Crippen LogP contribution is 2.38. The van der Waals surface area contributed by atoms with Crippen molar-refractivity contribution in [3.63, 3.8) is 0 Å². The lowest BCUT2D eigenvalue weighted by Crippen LogP contribution is -2.54. The van der Waals surface area contributed by atoms with E-state index in [0.29, 0.717) is 32.6 Å². The number of nitrogens with zero attached hydrogens (tertiary/aromatic N) is 1. The van der Waals surface area contributed by atoms with Crippen molar-refractivity contribution >= 4 is 17.8 Å². The van der Waals surface area contributed by atoms with Crippen LogP contribution < -0.4 is 10.6 Å². The number of nitrogens with one attached hydrogen (secondary N) is 2. The fourth-order valence-corrected chi connectivity index (χ4v) is 3.38. The average molecular weight is 325 g/mol. The minimum atomic E-state index is -0.801. The molecule has 1 saturated carbocycles. The number of imide groups is 1. The SMILES string of the molecule is CCOCCCNC(=O)CN1C(=O)N[C@@]2(CCCC[C@@H]2C)C1=O. The first-order chi connectivity index (χ1) is 11.0. The zero-order chi connectivity index (χ0) is 16.9. The van der Waals surface area contributed by atoms with E-state index in [0.717, 1.165) is 24.2 Å². The summed E-state index contributed by atoms with van der Waals surface area (Å²) in [4.78, 5) is 37.8. The Morgan fingerprint density at radius 3 is 2.91 bits per heavy atom. The summed E-state index contributed by atoms with van der Waals surface area (Å²) in [6, 6.07) is -0.451. The second kappa shape index (κ2) is 7.77. The lowest BCUT2D eigenvalue weighted by atomic mass is 9.73. The summed E-state index contributed by atoms with van der Waals surface area (Å²) in [5, 5.41) is 5.56. The molecule has 2 aliphatic rings. The molecular weight excluding hydrogens is 298 g/mol. The number of carbonyl (C=O) groups is 3. The zero-order valence-corrected chi connectivity index (χ0v) is 14.0. The number of hydrogen-bond donors (Lipinski definition) is 2. The second-order valence-corrected chi connectivity index (χ2v) is 6.34. The first-order valence-corrected chi connectivity index (χ1v) is 8.50. The van der Waals surface area contributed by atoms with Gasteiger partial charge < -0.3 is 15.4 Å². The van der Waals surface area contributed by atoms with Crippen molar-refractivity contribution < 1.29 is 19.1 Å². The predicted octanol–water partition coefficient (Wildman–Crippen LogP) is 1.03. The summed E-state index contributed by atoms with van der Waals surface area (Å²) in [5.74, 6) is -0.461. The van der Waals surface area contributed by atoms with E-state index in [9.17, 15) is 14.4 Å². The van der Waals surface area contributed by atoms with Crippen LogP contribution in [0.15, 0.2) is 0 Å². The molecule has 1 aliphatic heterocycles. The number of urea groups is 1. The van der Waals surface area contributed by atoms with Crippen LogP contribution in [-0.4, -0.2) is 54.6 Å².